The Morgan fingerprint density at radius 2 is 1.38 bits per heavy atom. The van der Waals surface area contributed by atoms with Crippen molar-refractivity contribution < 1.29 is 8.42 Å². The SMILES string of the molecule is O=S(=O)(c1ccncc1)c1ccc(Br)cc1. The second-order valence-electron chi connectivity index (χ2n) is 3.14. The monoisotopic (exact) mass is 297 g/mol. The third-order valence-corrected chi connectivity index (χ3v) is 4.40. The van der Waals surface area contributed by atoms with Gasteiger partial charge in [-0.1, -0.05) is 15.9 Å². The highest BCUT2D eigenvalue weighted by atomic mass is 79.9. The van der Waals surface area contributed by atoms with E-state index in [-0.39, 0.29) is 9.79 Å². The van der Waals surface area contributed by atoms with Gasteiger partial charge in [0.05, 0.1) is 9.79 Å². The highest BCUT2D eigenvalue weighted by molar-refractivity contribution is 9.10. The zero-order valence-corrected chi connectivity index (χ0v) is 10.6. The average Bonchev–Trinajstić information content (AvgIpc) is 2.31. The number of sulfone groups is 1. The van der Waals surface area contributed by atoms with Gasteiger partial charge < -0.3 is 0 Å². The molecule has 1 aromatic carbocycles. The van der Waals surface area contributed by atoms with E-state index in [4.69, 9.17) is 0 Å². The lowest BCUT2D eigenvalue weighted by Gasteiger charge is -2.03. The molecule has 2 rings (SSSR count). The minimum Gasteiger partial charge on any atom is -0.265 e. The summed E-state index contributed by atoms with van der Waals surface area (Å²) in [6.07, 6.45) is 2.93. The number of aromatic nitrogens is 1. The van der Waals surface area contributed by atoms with Crippen LogP contribution < -0.4 is 0 Å². The fourth-order valence-electron chi connectivity index (χ4n) is 1.27. The molecule has 0 aliphatic heterocycles. The quantitative estimate of drug-likeness (QED) is 0.856. The summed E-state index contributed by atoms with van der Waals surface area (Å²) >= 11 is 3.26. The van der Waals surface area contributed by atoms with Crippen LogP contribution in [0.3, 0.4) is 0 Å². The standard InChI is InChI=1S/C11H8BrNO2S/c12-9-1-3-10(4-2-9)16(14,15)11-5-7-13-8-6-11/h1-8H. The van der Waals surface area contributed by atoms with Crippen LogP contribution in [0.5, 0.6) is 0 Å². The van der Waals surface area contributed by atoms with E-state index in [1.165, 1.54) is 24.5 Å². The van der Waals surface area contributed by atoms with Crippen LogP contribution in [0.15, 0.2) is 63.1 Å². The molecule has 1 heterocycles. The molecule has 3 nitrogen and oxygen atoms in total. The van der Waals surface area contributed by atoms with Gasteiger partial charge in [0.15, 0.2) is 0 Å². The number of hydrogen-bond acceptors (Lipinski definition) is 3. The van der Waals surface area contributed by atoms with Crippen molar-refractivity contribution in [3.63, 3.8) is 0 Å². The van der Waals surface area contributed by atoms with E-state index in [2.05, 4.69) is 20.9 Å². The summed E-state index contributed by atoms with van der Waals surface area (Å²) in [6.45, 7) is 0. The molecule has 0 atom stereocenters. The lowest BCUT2D eigenvalue weighted by Crippen LogP contribution is -2.01. The Morgan fingerprint density at radius 3 is 1.94 bits per heavy atom. The predicted octanol–water partition coefficient (Wildman–Crippen LogP) is 2.68. The summed E-state index contributed by atoms with van der Waals surface area (Å²) in [7, 11) is -3.42. The van der Waals surface area contributed by atoms with Gasteiger partial charge >= 0.3 is 0 Å². The summed E-state index contributed by atoms with van der Waals surface area (Å²) in [6, 6.07) is 9.51. The zero-order chi connectivity index (χ0) is 11.6. The number of pyridine rings is 1. The number of benzene rings is 1. The first-order chi connectivity index (χ1) is 7.60. The van der Waals surface area contributed by atoms with E-state index in [9.17, 15) is 8.42 Å². The van der Waals surface area contributed by atoms with Crippen LogP contribution in [0.4, 0.5) is 0 Å². The predicted molar refractivity (Wildman–Crippen MR) is 63.8 cm³/mol. The summed E-state index contributed by atoms with van der Waals surface area (Å²) in [5.41, 5.74) is 0. The molecular weight excluding hydrogens is 290 g/mol. The highest BCUT2D eigenvalue weighted by Gasteiger charge is 2.16. The normalized spacial score (nSPS) is 11.3. The maximum atomic E-state index is 12.1. The van der Waals surface area contributed by atoms with E-state index in [1.54, 1.807) is 24.3 Å². The molecule has 0 amide bonds. The van der Waals surface area contributed by atoms with Gasteiger partial charge in [0.25, 0.3) is 0 Å². The number of nitrogens with zero attached hydrogens (tertiary/aromatic N) is 1. The molecule has 5 heteroatoms. The van der Waals surface area contributed by atoms with Gasteiger partial charge in [0.1, 0.15) is 0 Å². The van der Waals surface area contributed by atoms with Crippen LogP contribution in [-0.4, -0.2) is 13.4 Å². The molecule has 0 bridgehead atoms. The molecule has 0 aliphatic carbocycles. The van der Waals surface area contributed by atoms with Crippen molar-refractivity contribution in [1.29, 1.82) is 0 Å². The maximum Gasteiger partial charge on any atom is 0.206 e. The van der Waals surface area contributed by atoms with E-state index in [1.807, 2.05) is 0 Å². The molecule has 1 aromatic heterocycles. The van der Waals surface area contributed by atoms with Gasteiger partial charge in [-0.25, -0.2) is 8.42 Å². The molecule has 0 saturated heterocycles. The summed E-state index contributed by atoms with van der Waals surface area (Å²) in [5, 5.41) is 0. The molecular formula is C11H8BrNO2S. The van der Waals surface area contributed by atoms with Crippen molar-refractivity contribution in [2.75, 3.05) is 0 Å². The van der Waals surface area contributed by atoms with Crippen LogP contribution in [0, 0.1) is 0 Å². The summed E-state index contributed by atoms with van der Waals surface area (Å²) in [4.78, 5) is 4.33. The average molecular weight is 298 g/mol. The smallest absolute Gasteiger partial charge is 0.206 e. The lowest BCUT2D eigenvalue weighted by molar-refractivity contribution is 0.596. The Kier molecular flexibility index (Phi) is 3.07. The number of halogens is 1. The van der Waals surface area contributed by atoms with Crippen LogP contribution >= 0.6 is 15.9 Å². The van der Waals surface area contributed by atoms with Gasteiger partial charge in [-0.3, -0.25) is 4.98 Å². The molecule has 2 aromatic rings. The van der Waals surface area contributed by atoms with Gasteiger partial charge in [0, 0.05) is 16.9 Å². The van der Waals surface area contributed by atoms with Gasteiger partial charge in [-0.2, -0.15) is 0 Å². The van der Waals surface area contributed by atoms with Gasteiger partial charge in [-0.05, 0) is 36.4 Å². The van der Waals surface area contributed by atoms with Crippen molar-refractivity contribution in [3.8, 4) is 0 Å². The van der Waals surface area contributed by atoms with E-state index < -0.39 is 9.84 Å². The largest absolute Gasteiger partial charge is 0.265 e. The first kappa shape index (κ1) is 11.3. The van der Waals surface area contributed by atoms with Gasteiger partial charge in [-0.15, -0.1) is 0 Å². The Balaban J connectivity index is 2.52. The minimum atomic E-state index is -3.42. The fourth-order valence-corrected chi connectivity index (χ4v) is 2.78. The molecule has 0 N–H and O–H groups in total. The summed E-state index contributed by atoms with van der Waals surface area (Å²) in [5.74, 6) is 0. The van der Waals surface area contributed by atoms with Crippen molar-refractivity contribution in [2.45, 2.75) is 9.79 Å². The molecule has 0 saturated carbocycles. The Hall–Kier alpha value is -1.20. The third-order valence-electron chi connectivity index (χ3n) is 2.08. The number of hydrogen-bond donors (Lipinski definition) is 0. The van der Waals surface area contributed by atoms with Crippen LogP contribution in [0.25, 0.3) is 0 Å². The van der Waals surface area contributed by atoms with E-state index in [0.29, 0.717) is 0 Å². The topological polar surface area (TPSA) is 47.0 Å². The van der Waals surface area contributed by atoms with Crippen LogP contribution in [0.2, 0.25) is 0 Å². The first-order valence-electron chi connectivity index (χ1n) is 4.51. The zero-order valence-electron chi connectivity index (χ0n) is 8.17. The molecule has 0 unspecified atom stereocenters. The second kappa shape index (κ2) is 4.35. The van der Waals surface area contributed by atoms with Crippen molar-refractivity contribution in [1.82, 2.24) is 4.98 Å². The highest BCUT2D eigenvalue weighted by Crippen LogP contribution is 2.21. The summed E-state index contributed by atoms with van der Waals surface area (Å²) < 4.78 is 25.1. The van der Waals surface area contributed by atoms with Crippen LogP contribution in [-0.2, 0) is 9.84 Å². The molecule has 0 radical (unpaired) electrons. The molecule has 0 fully saturated rings. The van der Waals surface area contributed by atoms with E-state index >= 15 is 0 Å². The molecule has 82 valence electrons. The third kappa shape index (κ3) is 2.15. The van der Waals surface area contributed by atoms with Gasteiger partial charge in [0.2, 0.25) is 9.84 Å². The molecule has 0 aliphatic rings. The molecule has 16 heavy (non-hydrogen) atoms. The van der Waals surface area contributed by atoms with Crippen molar-refractivity contribution >= 4 is 25.8 Å². The Bertz CT molecular complexity index is 579. The van der Waals surface area contributed by atoms with Crippen molar-refractivity contribution in [2.24, 2.45) is 0 Å². The fraction of sp³-hybridized carbons (Fsp3) is 0. The Labute approximate surface area is 102 Å². The van der Waals surface area contributed by atoms with Crippen LogP contribution in [0.1, 0.15) is 0 Å². The first-order valence-corrected chi connectivity index (χ1v) is 6.79. The van der Waals surface area contributed by atoms with Crippen molar-refractivity contribution in [3.05, 3.63) is 53.3 Å². The minimum absolute atomic E-state index is 0.254. The lowest BCUT2D eigenvalue weighted by atomic mass is 10.4. The second-order valence-corrected chi connectivity index (χ2v) is 6.01. The van der Waals surface area contributed by atoms with E-state index in [0.717, 1.165) is 4.47 Å². The maximum absolute atomic E-state index is 12.1. The molecule has 0 spiro atoms. The number of rotatable bonds is 2. The Morgan fingerprint density at radius 1 is 0.875 bits per heavy atom.